The van der Waals surface area contributed by atoms with E-state index in [2.05, 4.69) is 0 Å². The summed E-state index contributed by atoms with van der Waals surface area (Å²) in [6.45, 7) is 0. The fourth-order valence-electron chi connectivity index (χ4n) is 7.58. The first-order valence-electron chi connectivity index (χ1n) is 23.9. The topological polar surface area (TPSA) is 13.1 Å². The maximum Gasteiger partial charge on any atom is 0.143 e. The van der Waals surface area contributed by atoms with Crippen LogP contribution in [0.4, 0.5) is 0 Å². The molecule has 1 aromatic heterocycles. The summed E-state index contributed by atoms with van der Waals surface area (Å²) in [6.07, 6.45) is 0. The molecule has 10 aromatic carbocycles. The van der Waals surface area contributed by atoms with E-state index in [9.17, 15) is 8.22 Å². The summed E-state index contributed by atoms with van der Waals surface area (Å²) in [5.74, 6) is 0. The second-order valence-corrected chi connectivity index (χ2v) is 12.4. The van der Waals surface area contributed by atoms with Crippen LogP contribution < -0.4 is 0 Å². The van der Waals surface area contributed by atoms with E-state index < -0.39 is 107 Å². The summed E-state index contributed by atoms with van der Waals surface area (Å²) in [7, 11) is 0. The van der Waals surface area contributed by atoms with Gasteiger partial charge in [-0.1, -0.05) is 163 Å². The van der Waals surface area contributed by atoms with Crippen molar-refractivity contribution in [3.8, 4) is 33.4 Å². The Balaban J connectivity index is 1.33. The first kappa shape index (κ1) is 17.3. The van der Waals surface area contributed by atoms with E-state index in [0.29, 0.717) is 21.9 Å². The first-order valence-corrected chi connectivity index (χ1v) is 16.4. The van der Waals surface area contributed by atoms with Gasteiger partial charge in [-0.05, 0) is 100 Å². The van der Waals surface area contributed by atoms with Crippen molar-refractivity contribution in [1.82, 2.24) is 0 Å². The van der Waals surface area contributed by atoms with Crippen LogP contribution >= 0.6 is 0 Å². The van der Waals surface area contributed by atoms with Gasteiger partial charge in [0, 0.05) is 16.2 Å². The molecule has 0 radical (unpaired) electrons. The average Bonchev–Trinajstić information content (AvgIpc) is 3.72. The minimum absolute atomic E-state index is 0.0378. The van der Waals surface area contributed by atoms with E-state index in [4.69, 9.17) is 16.8 Å². The fraction of sp³-hybridized carbons (Fsp3) is 0. The average molecular weight is 662 g/mol. The monoisotopic (exact) mass is 661 g/mol. The number of benzene rings is 10. The van der Waals surface area contributed by atoms with Gasteiger partial charge in [0.2, 0.25) is 0 Å². The van der Waals surface area contributed by atoms with Crippen molar-refractivity contribution >= 4 is 75.8 Å². The minimum Gasteiger partial charge on any atom is -0.455 e. The lowest BCUT2D eigenvalue weighted by atomic mass is 9.83. The van der Waals surface area contributed by atoms with Crippen LogP contribution in [0.5, 0.6) is 0 Å². The van der Waals surface area contributed by atoms with Crippen molar-refractivity contribution in [1.29, 1.82) is 0 Å². The van der Waals surface area contributed by atoms with Crippen LogP contribution in [0.15, 0.2) is 186 Å². The summed E-state index contributed by atoms with van der Waals surface area (Å²) in [5, 5.41) is 3.21. The van der Waals surface area contributed by atoms with Gasteiger partial charge in [-0.2, -0.15) is 0 Å². The molecule has 1 heterocycles. The summed E-state index contributed by atoms with van der Waals surface area (Å²) in [4.78, 5) is 0. The van der Waals surface area contributed by atoms with E-state index in [1.54, 1.807) is 12.1 Å². The van der Waals surface area contributed by atoms with Gasteiger partial charge in [-0.15, -0.1) is 0 Å². The molecule has 0 aliphatic rings. The molecular weight excluding hydrogens is 617 g/mol. The van der Waals surface area contributed by atoms with E-state index in [1.165, 1.54) is 0 Å². The highest BCUT2D eigenvalue weighted by Gasteiger charge is 2.21. The summed E-state index contributed by atoms with van der Waals surface area (Å²) >= 11 is 0. The van der Waals surface area contributed by atoms with E-state index in [1.807, 2.05) is 78.9 Å². The van der Waals surface area contributed by atoms with Crippen molar-refractivity contribution in [3.63, 3.8) is 0 Å². The molecule has 0 aliphatic carbocycles. The molecule has 0 amide bonds. The largest absolute Gasteiger partial charge is 0.455 e. The van der Waals surface area contributed by atoms with Crippen LogP contribution in [0.3, 0.4) is 0 Å². The summed E-state index contributed by atoms with van der Waals surface area (Å²) in [5.41, 5.74) is 2.54. The molecule has 0 atom stereocenters. The number of hydrogen-bond acceptors (Lipinski definition) is 1. The lowest BCUT2D eigenvalue weighted by Crippen LogP contribution is -1.92. The van der Waals surface area contributed by atoms with Gasteiger partial charge in [-0.25, -0.2) is 0 Å². The Morgan fingerprint density at radius 3 is 1.76 bits per heavy atom. The highest BCUT2D eigenvalue weighted by molar-refractivity contribution is 6.25. The van der Waals surface area contributed by atoms with Crippen molar-refractivity contribution in [3.05, 3.63) is 182 Å². The molecule has 1 heteroatoms. The Morgan fingerprint density at radius 2 is 1.00 bits per heavy atom. The Morgan fingerprint density at radius 1 is 0.373 bits per heavy atom. The van der Waals surface area contributed by atoms with E-state index in [-0.39, 0.29) is 32.7 Å². The third-order valence-electron chi connectivity index (χ3n) is 9.75. The number of furan rings is 1. The Kier molecular flexibility index (Phi) is 3.70. The molecule has 11 aromatic rings. The lowest BCUT2D eigenvalue weighted by molar-refractivity contribution is 0.673. The minimum atomic E-state index is -0.739. The Labute approximate surface area is 315 Å². The van der Waals surface area contributed by atoms with Gasteiger partial charge in [0.05, 0.1) is 20.6 Å². The van der Waals surface area contributed by atoms with Gasteiger partial charge in [-0.3, -0.25) is 0 Å². The van der Waals surface area contributed by atoms with Gasteiger partial charge < -0.3 is 4.42 Å². The molecule has 1 nitrogen and oxygen atoms in total. The maximum absolute atomic E-state index is 9.53. The second-order valence-electron chi connectivity index (χ2n) is 12.4. The predicted molar refractivity (Wildman–Crippen MR) is 218 cm³/mol. The van der Waals surface area contributed by atoms with Crippen LogP contribution in [0.2, 0.25) is 0 Å². The molecule has 0 aliphatic heterocycles. The molecule has 0 unspecified atom stereocenters. The molecule has 0 spiro atoms. The molecule has 0 fully saturated rings. The predicted octanol–water partition coefficient (Wildman–Crippen LogP) is 14.4. The molecule has 11 rings (SSSR count). The third kappa shape index (κ3) is 4.16. The summed E-state index contributed by atoms with van der Waals surface area (Å²) < 4.78 is 142. The standard InChI is InChI=1S/C50H30O/c1-2-14-33-30-34(25-24-31(33)12-1)47-40-18-7-9-20-42(40)48(43-21-10-8-19-41(43)47)44-29-28-38(36-16-5-6-17-37(36)44)39-22-11-23-46-49(39)45-27-26-32-13-3-4-15-35(32)50(45)51-46/h1-30H/i1D,2D,7D,8D,9D,10D,12D,14D,18D,19D,20D,21D,24D,25D,30D. The first-order chi connectivity index (χ1) is 31.6. The van der Waals surface area contributed by atoms with Crippen LogP contribution in [-0.2, 0) is 0 Å². The smallest absolute Gasteiger partial charge is 0.143 e. The molecule has 0 saturated carbocycles. The van der Waals surface area contributed by atoms with Gasteiger partial charge in [0.1, 0.15) is 11.2 Å². The zero-order chi connectivity index (χ0) is 46.5. The van der Waals surface area contributed by atoms with Gasteiger partial charge in [0.25, 0.3) is 0 Å². The Bertz CT molecular complexity index is 3980. The summed E-state index contributed by atoms with van der Waals surface area (Å²) in [6, 6.07) is 18.8. The highest BCUT2D eigenvalue weighted by Crippen LogP contribution is 2.48. The van der Waals surface area contributed by atoms with Crippen LogP contribution in [0.25, 0.3) is 109 Å². The van der Waals surface area contributed by atoms with Crippen molar-refractivity contribution < 1.29 is 25.0 Å². The highest BCUT2D eigenvalue weighted by atomic mass is 16.3. The SMILES string of the molecule is [2H]c1c([2H])c([2H])c2c([2H])c(-c3c4c([2H])c([2H])c([2H])c([2H])c4c(-c4ccc(-c5cccc6oc7c8ccccc8ccc7c56)c5ccccc45)c4c([2H])c([2H])c([2H])c([2H])c34)c([2H])c([2H])c2c1[2H]. The number of hydrogen-bond donors (Lipinski definition) is 0. The lowest BCUT2D eigenvalue weighted by Gasteiger charge is -2.20. The second kappa shape index (κ2) is 10.9. The molecular formula is C50H30O. The van der Waals surface area contributed by atoms with Crippen LogP contribution in [-0.4, -0.2) is 0 Å². The molecule has 0 N–H and O–H groups in total. The van der Waals surface area contributed by atoms with Crippen LogP contribution in [0, 0.1) is 0 Å². The van der Waals surface area contributed by atoms with Crippen molar-refractivity contribution in [2.24, 2.45) is 0 Å². The van der Waals surface area contributed by atoms with Crippen LogP contribution in [0.1, 0.15) is 20.6 Å². The quantitative estimate of drug-likeness (QED) is 0.172. The van der Waals surface area contributed by atoms with Gasteiger partial charge >= 0.3 is 0 Å². The number of rotatable bonds is 3. The third-order valence-corrected chi connectivity index (χ3v) is 9.75. The normalized spacial score (nSPS) is 16.0. The zero-order valence-corrected chi connectivity index (χ0v) is 26.6. The molecule has 0 bridgehead atoms. The van der Waals surface area contributed by atoms with E-state index in [0.717, 1.165) is 38.3 Å². The van der Waals surface area contributed by atoms with Gasteiger partial charge in [0.15, 0.2) is 0 Å². The van der Waals surface area contributed by atoms with E-state index >= 15 is 0 Å². The Hall–Kier alpha value is -6.70. The molecule has 236 valence electrons. The molecule has 51 heavy (non-hydrogen) atoms. The zero-order valence-electron chi connectivity index (χ0n) is 41.6. The van der Waals surface area contributed by atoms with Crippen molar-refractivity contribution in [2.45, 2.75) is 0 Å². The number of fused-ring (bicyclic) bond motifs is 9. The fourth-order valence-corrected chi connectivity index (χ4v) is 7.58. The molecule has 0 saturated heterocycles. The maximum atomic E-state index is 9.53. The van der Waals surface area contributed by atoms with Crippen molar-refractivity contribution in [2.75, 3.05) is 0 Å².